The number of nitrogens with one attached hydrogen (secondary N) is 1. The summed E-state index contributed by atoms with van der Waals surface area (Å²) in [6.07, 6.45) is 1.41. The number of carbonyl (C=O) groups excluding carboxylic acids is 2. The molecule has 0 aliphatic heterocycles. The molecule has 0 aliphatic carbocycles. The second-order valence-electron chi connectivity index (χ2n) is 5.79. The Morgan fingerprint density at radius 2 is 1.96 bits per heavy atom. The van der Waals surface area contributed by atoms with Crippen molar-refractivity contribution in [3.05, 3.63) is 59.2 Å². The van der Waals surface area contributed by atoms with Crippen LogP contribution in [-0.2, 0) is 9.59 Å². The van der Waals surface area contributed by atoms with Crippen molar-refractivity contribution in [3.8, 4) is 17.6 Å². The zero-order valence-corrected chi connectivity index (χ0v) is 15.5. The van der Waals surface area contributed by atoms with E-state index in [-0.39, 0.29) is 11.3 Å². The van der Waals surface area contributed by atoms with Crippen molar-refractivity contribution < 1.29 is 24.2 Å². The number of carbonyl (C=O) groups is 2. The Balaban J connectivity index is 2.24. The van der Waals surface area contributed by atoms with Crippen LogP contribution >= 0.6 is 0 Å². The van der Waals surface area contributed by atoms with Gasteiger partial charge in [-0.2, -0.15) is 5.26 Å². The zero-order valence-electron chi connectivity index (χ0n) is 15.5. The summed E-state index contributed by atoms with van der Waals surface area (Å²) in [5.41, 5.74) is 2.01. The highest BCUT2D eigenvalue weighted by molar-refractivity contribution is 6.09. The van der Waals surface area contributed by atoms with Crippen molar-refractivity contribution >= 4 is 23.6 Å². The standard InChI is InChI=1S/C21H20N2O5/c1-3-27-19-11-15(7-8-18(19)28-13-20(24)25)10-16(12-22)21(26)23-17-6-4-5-14(2)9-17/h4-11H,3,13H2,1-2H3,(H,23,26)(H,24,25)/p-1/b16-10+. The van der Waals surface area contributed by atoms with E-state index in [1.54, 1.807) is 37.3 Å². The van der Waals surface area contributed by atoms with Gasteiger partial charge >= 0.3 is 0 Å². The first-order valence-electron chi connectivity index (χ1n) is 8.52. The van der Waals surface area contributed by atoms with E-state index in [2.05, 4.69) is 5.32 Å². The molecule has 0 heterocycles. The largest absolute Gasteiger partial charge is 0.546 e. The lowest BCUT2D eigenvalue weighted by atomic mass is 10.1. The van der Waals surface area contributed by atoms with Crippen LogP contribution in [0.5, 0.6) is 11.5 Å². The molecule has 0 saturated heterocycles. The zero-order chi connectivity index (χ0) is 20.5. The summed E-state index contributed by atoms with van der Waals surface area (Å²) >= 11 is 0. The van der Waals surface area contributed by atoms with Crippen molar-refractivity contribution in [1.82, 2.24) is 0 Å². The fraction of sp³-hybridized carbons (Fsp3) is 0.190. The Bertz CT molecular complexity index is 944. The van der Waals surface area contributed by atoms with Gasteiger partial charge in [-0.3, -0.25) is 4.79 Å². The van der Waals surface area contributed by atoms with Crippen molar-refractivity contribution in [2.75, 3.05) is 18.5 Å². The molecule has 1 amide bonds. The van der Waals surface area contributed by atoms with Crippen molar-refractivity contribution in [2.24, 2.45) is 0 Å². The molecule has 0 aliphatic rings. The van der Waals surface area contributed by atoms with Gasteiger partial charge in [-0.1, -0.05) is 18.2 Å². The molecule has 0 unspecified atom stereocenters. The van der Waals surface area contributed by atoms with Gasteiger partial charge in [-0.05, 0) is 55.3 Å². The van der Waals surface area contributed by atoms with E-state index in [1.165, 1.54) is 12.1 Å². The number of carboxylic acids is 1. The summed E-state index contributed by atoms with van der Waals surface area (Å²) in [6, 6.07) is 13.8. The number of nitrogens with zero attached hydrogens (tertiary/aromatic N) is 1. The molecule has 0 fully saturated rings. The van der Waals surface area contributed by atoms with Gasteiger partial charge < -0.3 is 24.7 Å². The monoisotopic (exact) mass is 379 g/mol. The van der Waals surface area contributed by atoms with E-state index < -0.39 is 18.5 Å². The molecule has 0 saturated carbocycles. The summed E-state index contributed by atoms with van der Waals surface area (Å²) in [6.45, 7) is 3.38. The summed E-state index contributed by atoms with van der Waals surface area (Å²) in [5, 5.41) is 22.6. The van der Waals surface area contributed by atoms with Gasteiger partial charge in [0.1, 0.15) is 18.2 Å². The second-order valence-corrected chi connectivity index (χ2v) is 5.79. The van der Waals surface area contributed by atoms with Crippen LogP contribution in [0.2, 0.25) is 0 Å². The molecule has 0 bridgehead atoms. The smallest absolute Gasteiger partial charge is 0.266 e. The molecule has 1 N–H and O–H groups in total. The van der Waals surface area contributed by atoms with Crippen LogP contribution in [0.1, 0.15) is 18.1 Å². The highest BCUT2D eigenvalue weighted by Gasteiger charge is 2.11. The highest BCUT2D eigenvalue weighted by atomic mass is 16.5. The highest BCUT2D eigenvalue weighted by Crippen LogP contribution is 2.29. The van der Waals surface area contributed by atoms with Gasteiger partial charge in [0.05, 0.1) is 12.6 Å². The molecule has 28 heavy (non-hydrogen) atoms. The van der Waals surface area contributed by atoms with E-state index in [1.807, 2.05) is 19.1 Å². The molecule has 144 valence electrons. The van der Waals surface area contributed by atoms with Gasteiger partial charge in [-0.15, -0.1) is 0 Å². The minimum absolute atomic E-state index is 0.0904. The number of anilines is 1. The molecule has 0 atom stereocenters. The Morgan fingerprint density at radius 1 is 1.18 bits per heavy atom. The quantitative estimate of drug-likeness (QED) is 0.555. The van der Waals surface area contributed by atoms with Crippen molar-refractivity contribution in [2.45, 2.75) is 13.8 Å². The van der Waals surface area contributed by atoms with E-state index in [9.17, 15) is 20.0 Å². The molecule has 7 heteroatoms. The Kier molecular flexibility index (Phi) is 7.17. The second kappa shape index (κ2) is 9.78. The average molecular weight is 379 g/mol. The van der Waals surface area contributed by atoms with Crippen LogP contribution in [0.3, 0.4) is 0 Å². The fourth-order valence-electron chi connectivity index (χ4n) is 2.38. The first-order valence-corrected chi connectivity index (χ1v) is 8.52. The number of amides is 1. The summed E-state index contributed by atoms with van der Waals surface area (Å²) in [4.78, 5) is 23.0. The van der Waals surface area contributed by atoms with E-state index in [4.69, 9.17) is 9.47 Å². The number of nitriles is 1. The van der Waals surface area contributed by atoms with Crippen molar-refractivity contribution in [1.29, 1.82) is 5.26 Å². The van der Waals surface area contributed by atoms with Gasteiger partial charge in [0, 0.05) is 5.69 Å². The normalized spacial score (nSPS) is 10.7. The number of aryl methyl sites for hydroxylation is 1. The number of hydrogen-bond donors (Lipinski definition) is 1. The maximum absolute atomic E-state index is 12.4. The number of carboxylic acid groups (broad SMARTS) is 1. The first-order chi connectivity index (χ1) is 13.4. The fourth-order valence-corrected chi connectivity index (χ4v) is 2.38. The Morgan fingerprint density at radius 3 is 2.61 bits per heavy atom. The van der Waals surface area contributed by atoms with Crippen LogP contribution in [0.25, 0.3) is 6.08 Å². The Labute approximate surface area is 162 Å². The third-order valence-corrected chi connectivity index (χ3v) is 3.57. The molecular weight excluding hydrogens is 360 g/mol. The summed E-state index contributed by atoms with van der Waals surface area (Å²) < 4.78 is 10.6. The minimum atomic E-state index is -1.36. The lowest BCUT2D eigenvalue weighted by Gasteiger charge is -2.13. The van der Waals surface area contributed by atoms with Gasteiger partial charge in [0.25, 0.3) is 5.91 Å². The number of hydrogen-bond acceptors (Lipinski definition) is 6. The summed E-state index contributed by atoms with van der Waals surface area (Å²) in [7, 11) is 0. The van der Waals surface area contributed by atoms with Crippen LogP contribution in [0.4, 0.5) is 5.69 Å². The average Bonchev–Trinajstić information content (AvgIpc) is 2.65. The predicted molar refractivity (Wildman–Crippen MR) is 102 cm³/mol. The minimum Gasteiger partial charge on any atom is -0.546 e. The molecule has 0 aromatic heterocycles. The molecule has 7 nitrogen and oxygen atoms in total. The molecule has 0 spiro atoms. The number of benzene rings is 2. The van der Waals surface area contributed by atoms with Gasteiger partial charge in [0.15, 0.2) is 11.5 Å². The SMILES string of the molecule is CCOc1cc(/C=C(\C#N)C(=O)Nc2cccc(C)c2)ccc1OCC(=O)[O-]. The number of rotatable bonds is 8. The van der Waals surface area contributed by atoms with Crippen LogP contribution in [0.15, 0.2) is 48.0 Å². The molecule has 2 aromatic rings. The molecular formula is C21H19N2O5-. The van der Waals surface area contributed by atoms with E-state index >= 15 is 0 Å². The van der Waals surface area contributed by atoms with Crippen LogP contribution < -0.4 is 19.9 Å². The molecule has 0 radical (unpaired) electrons. The topological polar surface area (TPSA) is 111 Å². The number of ether oxygens (including phenoxy) is 2. The van der Waals surface area contributed by atoms with E-state index in [0.29, 0.717) is 23.6 Å². The maximum Gasteiger partial charge on any atom is 0.266 e. The predicted octanol–water partition coefficient (Wildman–Crippen LogP) is 2.07. The van der Waals surface area contributed by atoms with E-state index in [0.717, 1.165) is 5.56 Å². The maximum atomic E-state index is 12.4. The van der Waals surface area contributed by atoms with Gasteiger partial charge in [-0.25, -0.2) is 0 Å². The van der Waals surface area contributed by atoms with Crippen LogP contribution in [0, 0.1) is 18.3 Å². The number of aliphatic carboxylic acids is 1. The third-order valence-electron chi connectivity index (χ3n) is 3.57. The van der Waals surface area contributed by atoms with Crippen LogP contribution in [-0.4, -0.2) is 25.1 Å². The summed E-state index contributed by atoms with van der Waals surface area (Å²) in [5.74, 6) is -1.37. The molecule has 2 aromatic carbocycles. The lowest BCUT2D eigenvalue weighted by Crippen LogP contribution is -2.29. The first kappa shape index (κ1) is 20.5. The van der Waals surface area contributed by atoms with Gasteiger partial charge in [0.2, 0.25) is 0 Å². The lowest BCUT2D eigenvalue weighted by molar-refractivity contribution is -0.307. The molecule has 2 rings (SSSR count). The third kappa shape index (κ3) is 5.88. The van der Waals surface area contributed by atoms with Crippen molar-refractivity contribution in [3.63, 3.8) is 0 Å². The Hall–Kier alpha value is -3.79.